The van der Waals surface area contributed by atoms with Crippen LogP contribution in [0.25, 0.3) is 10.2 Å². The van der Waals surface area contributed by atoms with Crippen LogP contribution in [0, 0.1) is 6.92 Å². The monoisotopic (exact) mass is 372 g/mol. The van der Waals surface area contributed by atoms with Crippen LogP contribution < -0.4 is 4.80 Å². The molecule has 0 saturated heterocycles. The van der Waals surface area contributed by atoms with Gasteiger partial charge in [-0.1, -0.05) is 23.5 Å². The molecule has 0 bridgehead atoms. The minimum absolute atomic E-state index is 0.217. The first kappa shape index (κ1) is 17.9. The molecule has 0 aliphatic heterocycles. The number of benzene rings is 2. The third kappa shape index (κ3) is 4.03. The molecule has 0 fully saturated rings. The Morgan fingerprint density at radius 2 is 2.12 bits per heavy atom. The minimum Gasteiger partial charge on any atom is -0.383 e. The zero-order valence-electron chi connectivity index (χ0n) is 14.5. The molecule has 6 heteroatoms. The molecule has 1 aromatic heterocycles. The highest BCUT2D eigenvalue weighted by Crippen LogP contribution is 2.20. The summed E-state index contributed by atoms with van der Waals surface area (Å²) in [5, 5.41) is 0. The van der Waals surface area contributed by atoms with E-state index in [0.29, 0.717) is 23.5 Å². The van der Waals surface area contributed by atoms with Gasteiger partial charge in [0.1, 0.15) is 0 Å². The third-order valence-corrected chi connectivity index (χ3v) is 5.64. The smallest absolute Gasteiger partial charge is 0.279 e. The lowest BCUT2D eigenvalue weighted by molar-refractivity contribution is 0.0997. The number of ether oxygens (including phenoxy) is 1. The molecule has 130 valence electrons. The highest BCUT2D eigenvalue weighted by atomic mass is 32.2. The molecular weight excluding hydrogens is 352 g/mol. The van der Waals surface area contributed by atoms with Crippen LogP contribution in [0.3, 0.4) is 0 Å². The fourth-order valence-electron chi connectivity index (χ4n) is 2.57. The Morgan fingerprint density at radius 1 is 1.28 bits per heavy atom. The van der Waals surface area contributed by atoms with Crippen LogP contribution in [-0.2, 0) is 11.3 Å². The van der Waals surface area contributed by atoms with Crippen LogP contribution in [0.2, 0.25) is 0 Å². The second-order valence-electron chi connectivity index (χ2n) is 5.65. The summed E-state index contributed by atoms with van der Waals surface area (Å²) < 4.78 is 8.40. The van der Waals surface area contributed by atoms with Gasteiger partial charge < -0.3 is 9.30 Å². The van der Waals surface area contributed by atoms with Crippen molar-refractivity contribution in [2.75, 3.05) is 20.0 Å². The first-order valence-corrected chi connectivity index (χ1v) is 9.98. The van der Waals surface area contributed by atoms with Crippen molar-refractivity contribution < 1.29 is 9.53 Å². The second kappa shape index (κ2) is 7.99. The highest BCUT2D eigenvalue weighted by molar-refractivity contribution is 7.98. The van der Waals surface area contributed by atoms with Gasteiger partial charge in [-0.3, -0.25) is 4.79 Å². The Balaban J connectivity index is 2.08. The van der Waals surface area contributed by atoms with Crippen molar-refractivity contribution in [1.82, 2.24) is 4.57 Å². The molecule has 25 heavy (non-hydrogen) atoms. The summed E-state index contributed by atoms with van der Waals surface area (Å²) in [6.07, 6.45) is 1.99. The Morgan fingerprint density at radius 3 is 2.88 bits per heavy atom. The van der Waals surface area contributed by atoms with Gasteiger partial charge in [-0.05, 0) is 49.1 Å². The molecule has 0 unspecified atom stereocenters. The van der Waals surface area contributed by atoms with E-state index in [1.807, 2.05) is 30.5 Å². The van der Waals surface area contributed by atoms with Gasteiger partial charge in [0, 0.05) is 24.1 Å². The van der Waals surface area contributed by atoms with Crippen molar-refractivity contribution in [3.05, 3.63) is 58.4 Å². The average Bonchev–Trinajstić information content (AvgIpc) is 2.95. The number of aryl methyl sites for hydroxylation is 1. The summed E-state index contributed by atoms with van der Waals surface area (Å²) in [5.41, 5.74) is 2.88. The second-order valence-corrected chi connectivity index (χ2v) is 7.54. The summed E-state index contributed by atoms with van der Waals surface area (Å²) in [6.45, 7) is 3.30. The van der Waals surface area contributed by atoms with Crippen LogP contribution >= 0.6 is 23.1 Å². The Bertz CT molecular complexity index is 973. The molecule has 0 spiro atoms. The molecule has 3 aromatic rings. The molecule has 1 amide bonds. The first-order chi connectivity index (χ1) is 12.1. The van der Waals surface area contributed by atoms with Crippen LogP contribution in [0.5, 0.6) is 0 Å². The number of methoxy groups -OCH3 is 1. The summed E-state index contributed by atoms with van der Waals surface area (Å²) in [7, 11) is 1.68. The Labute approximate surface area is 155 Å². The van der Waals surface area contributed by atoms with E-state index in [-0.39, 0.29) is 5.91 Å². The maximum Gasteiger partial charge on any atom is 0.279 e. The molecule has 0 N–H and O–H groups in total. The zero-order valence-corrected chi connectivity index (χ0v) is 16.1. The van der Waals surface area contributed by atoms with Crippen LogP contribution in [0.4, 0.5) is 0 Å². The molecule has 3 rings (SSSR count). The topological polar surface area (TPSA) is 43.6 Å². The van der Waals surface area contributed by atoms with Crippen LogP contribution in [-0.4, -0.2) is 30.4 Å². The largest absolute Gasteiger partial charge is 0.383 e. The van der Waals surface area contributed by atoms with E-state index in [2.05, 4.69) is 34.7 Å². The van der Waals surface area contributed by atoms with Gasteiger partial charge in [-0.25, -0.2) is 0 Å². The number of amides is 1. The lowest BCUT2D eigenvalue weighted by Gasteiger charge is -2.04. The van der Waals surface area contributed by atoms with E-state index in [4.69, 9.17) is 4.74 Å². The number of thioether (sulfide) groups is 1. The predicted octanol–water partition coefficient (Wildman–Crippen LogP) is 4.12. The molecule has 4 nitrogen and oxygen atoms in total. The fourth-order valence-corrected chi connectivity index (χ4v) is 4.18. The van der Waals surface area contributed by atoms with Crippen molar-refractivity contribution in [1.29, 1.82) is 0 Å². The number of hydrogen-bond donors (Lipinski definition) is 0. The van der Waals surface area contributed by atoms with Gasteiger partial charge in [0.2, 0.25) is 0 Å². The number of aromatic nitrogens is 1. The minimum atomic E-state index is -0.217. The van der Waals surface area contributed by atoms with Gasteiger partial charge in [0.05, 0.1) is 16.8 Å². The van der Waals surface area contributed by atoms with Crippen molar-refractivity contribution in [2.24, 2.45) is 4.99 Å². The molecule has 2 aromatic carbocycles. The summed E-state index contributed by atoms with van der Waals surface area (Å²) in [4.78, 5) is 18.8. The predicted molar refractivity (Wildman–Crippen MR) is 105 cm³/mol. The highest BCUT2D eigenvalue weighted by Gasteiger charge is 2.10. The number of hydrogen-bond acceptors (Lipinski definition) is 4. The van der Waals surface area contributed by atoms with E-state index in [0.717, 1.165) is 15.1 Å². The third-order valence-electron chi connectivity index (χ3n) is 3.87. The van der Waals surface area contributed by atoms with E-state index in [1.54, 1.807) is 18.9 Å². The molecule has 0 radical (unpaired) electrons. The maximum absolute atomic E-state index is 12.6. The standard InChI is InChI=1S/C19H20N2O2S2/c1-13-7-8-16-17(11-13)25-19(21(16)9-10-23-2)20-18(22)14-5-4-6-15(12-14)24-3/h4-8,11-12H,9-10H2,1-3H3. The first-order valence-electron chi connectivity index (χ1n) is 7.94. The van der Waals surface area contributed by atoms with E-state index < -0.39 is 0 Å². The van der Waals surface area contributed by atoms with Crippen molar-refractivity contribution >= 4 is 39.2 Å². The normalized spacial score (nSPS) is 12.0. The van der Waals surface area contributed by atoms with Crippen molar-refractivity contribution in [3.8, 4) is 0 Å². The quantitative estimate of drug-likeness (QED) is 0.633. The number of carbonyl (C=O) groups is 1. The number of fused-ring (bicyclic) bond motifs is 1. The lowest BCUT2D eigenvalue weighted by atomic mass is 10.2. The SMILES string of the molecule is COCCn1c(=NC(=O)c2cccc(SC)c2)sc2cc(C)ccc21. The number of thiazole rings is 1. The van der Waals surface area contributed by atoms with Crippen molar-refractivity contribution in [3.63, 3.8) is 0 Å². The Hall–Kier alpha value is -1.89. The summed E-state index contributed by atoms with van der Waals surface area (Å²) in [6, 6.07) is 13.8. The summed E-state index contributed by atoms with van der Waals surface area (Å²) >= 11 is 3.15. The lowest BCUT2D eigenvalue weighted by Crippen LogP contribution is -2.19. The molecule has 0 aliphatic carbocycles. The molecule has 0 aliphatic rings. The van der Waals surface area contributed by atoms with Gasteiger partial charge >= 0.3 is 0 Å². The van der Waals surface area contributed by atoms with Gasteiger partial charge in [0.25, 0.3) is 5.91 Å². The van der Waals surface area contributed by atoms with Crippen LogP contribution in [0.1, 0.15) is 15.9 Å². The fraction of sp³-hybridized carbons (Fsp3) is 0.263. The number of carbonyl (C=O) groups excluding carboxylic acids is 1. The number of nitrogens with zero attached hydrogens (tertiary/aromatic N) is 2. The van der Waals surface area contributed by atoms with Crippen LogP contribution in [0.15, 0.2) is 52.4 Å². The zero-order chi connectivity index (χ0) is 17.8. The van der Waals surface area contributed by atoms with E-state index in [1.165, 1.54) is 16.9 Å². The summed E-state index contributed by atoms with van der Waals surface area (Å²) in [5.74, 6) is -0.217. The molecular formula is C19H20N2O2S2. The number of rotatable bonds is 5. The average molecular weight is 373 g/mol. The van der Waals surface area contributed by atoms with Gasteiger partial charge in [0.15, 0.2) is 4.80 Å². The molecule has 0 saturated carbocycles. The molecule has 0 atom stereocenters. The van der Waals surface area contributed by atoms with E-state index in [9.17, 15) is 4.79 Å². The van der Waals surface area contributed by atoms with E-state index >= 15 is 0 Å². The Kier molecular flexibility index (Phi) is 5.73. The maximum atomic E-state index is 12.6. The molecule has 1 heterocycles. The van der Waals surface area contributed by atoms with Crippen molar-refractivity contribution in [2.45, 2.75) is 18.4 Å². The van der Waals surface area contributed by atoms with Gasteiger partial charge in [-0.15, -0.1) is 11.8 Å². The van der Waals surface area contributed by atoms with Gasteiger partial charge in [-0.2, -0.15) is 4.99 Å².